The monoisotopic (exact) mass is 397 g/mol. The number of alkyl halides is 3. The van der Waals surface area contributed by atoms with Gasteiger partial charge in [0.05, 0.1) is 25.3 Å². The lowest BCUT2D eigenvalue weighted by Gasteiger charge is -2.44. The van der Waals surface area contributed by atoms with Crippen LogP contribution in [-0.2, 0) is 10.0 Å². The maximum atomic E-state index is 12.3. The zero-order valence-corrected chi connectivity index (χ0v) is 15.7. The molecule has 2 rings (SSSR count). The average Bonchev–Trinajstić information content (AvgIpc) is 2.46. The van der Waals surface area contributed by atoms with Crippen LogP contribution in [0.5, 0.6) is 11.5 Å². The summed E-state index contributed by atoms with van der Waals surface area (Å²) in [4.78, 5) is 0. The van der Waals surface area contributed by atoms with Gasteiger partial charge < -0.3 is 14.6 Å². The standard InChI is InChI=1S/C16H22F3NO5S/c1-15(2)14(21)13(20(3)26(4,22)23)11-9-10(5-6-12(11)25-15)24-8-7-16(17,18)19/h5-6,9,13-14,21H,7-8H2,1-4H3/t13-,14+/m1/s1. The zero-order chi connectivity index (χ0) is 19.9. The second kappa shape index (κ2) is 6.90. The van der Waals surface area contributed by atoms with Crippen LogP contribution in [0.25, 0.3) is 0 Å². The molecule has 1 aromatic carbocycles. The number of hydrogen-bond acceptors (Lipinski definition) is 5. The lowest BCUT2D eigenvalue weighted by atomic mass is 9.86. The third-order valence-electron chi connectivity index (χ3n) is 4.25. The minimum Gasteiger partial charge on any atom is -0.493 e. The number of halogens is 3. The highest BCUT2D eigenvalue weighted by atomic mass is 32.2. The molecule has 148 valence electrons. The summed E-state index contributed by atoms with van der Waals surface area (Å²) in [6.45, 7) is 2.68. The van der Waals surface area contributed by atoms with Crippen molar-refractivity contribution in [3.8, 4) is 11.5 Å². The van der Waals surface area contributed by atoms with Crippen LogP contribution in [0.4, 0.5) is 13.2 Å². The number of aliphatic hydroxyl groups excluding tert-OH is 1. The van der Waals surface area contributed by atoms with Gasteiger partial charge in [0.25, 0.3) is 0 Å². The number of rotatable bonds is 5. The van der Waals surface area contributed by atoms with Gasteiger partial charge in [-0.25, -0.2) is 8.42 Å². The van der Waals surface area contributed by atoms with E-state index in [2.05, 4.69) is 0 Å². The molecule has 0 radical (unpaired) electrons. The van der Waals surface area contributed by atoms with E-state index in [-0.39, 0.29) is 5.75 Å². The van der Waals surface area contributed by atoms with Gasteiger partial charge in [0.2, 0.25) is 10.0 Å². The summed E-state index contributed by atoms with van der Waals surface area (Å²) in [5.41, 5.74) is -0.732. The van der Waals surface area contributed by atoms with E-state index in [1.165, 1.54) is 25.2 Å². The highest BCUT2D eigenvalue weighted by Gasteiger charge is 2.46. The number of aliphatic hydroxyl groups is 1. The normalized spacial score (nSPS) is 22.7. The Morgan fingerprint density at radius 2 is 1.96 bits per heavy atom. The van der Waals surface area contributed by atoms with Crippen LogP contribution in [-0.4, -0.2) is 55.6 Å². The van der Waals surface area contributed by atoms with Crippen LogP contribution >= 0.6 is 0 Å². The number of sulfonamides is 1. The molecule has 1 N–H and O–H groups in total. The average molecular weight is 397 g/mol. The summed E-state index contributed by atoms with van der Waals surface area (Å²) in [6.07, 6.45) is -5.63. The van der Waals surface area contributed by atoms with Crippen molar-refractivity contribution >= 4 is 10.0 Å². The predicted molar refractivity (Wildman–Crippen MR) is 88.7 cm³/mol. The minimum absolute atomic E-state index is 0.135. The SMILES string of the molecule is CN([C@@H]1c2cc(OCCC(F)(F)F)ccc2OC(C)(C)[C@H]1O)S(C)(=O)=O. The molecule has 1 aliphatic heterocycles. The molecule has 0 saturated heterocycles. The molecular weight excluding hydrogens is 375 g/mol. The van der Waals surface area contributed by atoms with Crippen LogP contribution in [0.1, 0.15) is 31.9 Å². The van der Waals surface area contributed by atoms with Crippen molar-refractivity contribution in [1.82, 2.24) is 4.31 Å². The summed E-state index contributed by atoms with van der Waals surface area (Å²) in [5.74, 6) is 0.472. The fraction of sp³-hybridized carbons (Fsp3) is 0.625. The van der Waals surface area contributed by atoms with Crippen molar-refractivity contribution in [2.45, 2.75) is 44.2 Å². The lowest BCUT2D eigenvalue weighted by molar-refractivity contribution is -0.139. The summed E-state index contributed by atoms with van der Waals surface area (Å²) in [5, 5.41) is 10.6. The first-order valence-corrected chi connectivity index (χ1v) is 9.71. The Hall–Kier alpha value is -1.52. The first-order chi connectivity index (χ1) is 11.7. The third-order valence-corrected chi connectivity index (χ3v) is 5.53. The second-order valence-corrected chi connectivity index (χ2v) is 8.83. The molecular formula is C16H22F3NO5S. The van der Waals surface area contributed by atoms with Crippen molar-refractivity contribution in [3.05, 3.63) is 23.8 Å². The molecule has 10 heteroatoms. The van der Waals surface area contributed by atoms with Gasteiger partial charge in [-0.15, -0.1) is 0 Å². The van der Waals surface area contributed by atoms with Gasteiger partial charge in [-0.3, -0.25) is 0 Å². The van der Waals surface area contributed by atoms with E-state index in [9.17, 15) is 26.7 Å². The number of ether oxygens (including phenoxy) is 2. The van der Waals surface area contributed by atoms with Gasteiger partial charge in [0, 0.05) is 12.6 Å². The molecule has 0 amide bonds. The lowest BCUT2D eigenvalue weighted by Crippen LogP contribution is -2.53. The van der Waals surface area contributed by atoms with E-state index in [0.717, 1.165) is 10.6 Å². The van der Waals surface area contributed by atoms with Gasteiger partial charge in [-0.05, 0) is 32.0 Å². The largest absolute Gasteiger partial charge is 0.493 e. The number of hydrogen-bond donors (Lipinski definition) is 1. The quantitative estimate of drug-likeness (QED) is 0.826. The van der Waals surface area contributed by atoms with Crippen LogP contribution in [0.2, 0.25) is 0 Å². The zero-order valence-electron chi connectivity index (χ0n) is 14.9. The molecule has 0 spiro atoms. The van der Waals surface area contributed by atoms with Crippen LogP contribution in [0.15, 0.2) is 18.2 Å². The van der Waals surface area contributed by atoms with Gasteiger partial charge >= 0.3 is 6.18 Å². The summed E-state index contributed by atoms with van der Waals surface area (Å²) in [7, 11) is -2.32. The maximum absolute atomic E-state index is 12.3. The van der Waals surface area contributed by atoms with Crippen molar-refractivity contribution in [2.75, 3.05) is 19.9 Å². The molecule has 1 heterocycles. The van der Waals surface area contributed by atoms with E-state index in [4.69, 9.17) is 9.47 Å². The molecule has 6 nitrogen and oxygen atoms in total. The molecule has 0 unspecified atom stereocenters. The first kappa shape index (κ1) is 20.8. The molecule has 1 aromatic rings. The van der Waals surface area contributed by atoms with E-state index in [0.29, 0.717) is 11.3 Å². The van der Waals surface area contributed by atoms with E-state index >= 15 is 0 Å². The molecule has 0 saturated carbocycles. The summed E-state index contributed by atoms with van der Waals surface area (Å²) < 4.78 is 72.6. The number of fused-ring (bicyclic) bond motifs is 1. The van der Waals surface area contributed by atoms with Crippen LogP contribution in [0, 0.1) is 0 Å². The van der Waals surface area contributed by atoms with Gasteiger partial charge in [-0.1, -0.05) is 0 Å². The highest BCUT2D eigenvalue weighted by molar-refractivity contribution is 7.88. The molecule has 0 aromatic heterocycles. The molecule has 2 atom stereocenters. The Morgan fingerprint density at radius 1 is 1.35 bits per heavy atom. The van der Waals surface area contributed by atoms with Crippen molar-refractivity contribution in [1.29, 1.82) is 0 Å². The molecule has 0 aliphatic carbocycles. The Labute approximate surface area is 150 Å². The number of likely N-dealkylation sites (N-methyl/N-ethyl adjacent to an activating group) is 1. The van der Waals surface area contributed by atoms with Gasteiger partial charge in [0.15, 0.2) is 0 Å². The van der Waals surface area contributed by atoms with Crippen molar-refractivity contribution < 1.29 is 36.2 Å². The van der Waals surface area contributed by atoms with Crippen LogP contribution < -0.4 is 9.47 Å². The molecule has 0 fully saturated rings. The second-order valence-electron chi connectivity index (χ2n) is 6.79. The topological polar surface area (TPSA) is 76.1 Å². The molecule has 1 aliphatic rings. The minimum atomic E-state index is -4.34. The first-order valence-electron chi connectivity index (χ1n) is 7.86. The summed E-state index contributed by atoms with van der Waals surface area (Å²) in [6, 6.07) is 3.38. The fourth-order valence-corrected chi connectivity index (χ4v) is 3.36. The Kier molecular flexibility index (Phi) is 5.51. The maximum Gasteiger partial charge on any atom is 0.392 e. The third kappa shape index (κ3) is 4.60. The van der Waals surface area contributed by atoms with E-state index < -0.39 is 47.0 Å². The predicted octanol–water partition coefficient (Wildman–Crippen LogP) is 2.48. The molecule has 26 heavy (non-hydrogen) atoms. The Bertz CT molecular complexity index is 764. The number of benzene rings is 1. The number of nitrogens with zero attached hydrogens (tertiary/aromatic N) is 1. The van der Waals surface area contributed by atoms with E-state index in [1.54, 1.807) is 13.8 Å². The fourth-order valence-electron chi connectivity index (χ4n) is 2.72. The van der Waals surface area contributed by atoms with Crippen molar-refractivity contribution in [2.24, 2.45) is 0 Å². The smallest absolute Gasteiger partial charge is 0.392 e. The Balaban J connectivity index is 2.38. The van der Waals surface area contributed by atoms with Gasteiger partial charge in [-0.2, -0.15) is 17.5 Å². The summed E-state index contributed by atoms with van der Waals surface area (Å²) >= 11 is 0. The molecule has 0 bridgehead atoms. The van der Waals surface area contributed by atoms with E-state index in [1.807, 2.05) is 0 Å². The van der Waals surface area contributed by atoms with Crippen LogP contribution in [0.3, 0.4) is 0 Å². The van der Waals surface area contributed by atoms with Crippen molar-refractivity contribution in [3.63, 3.8) is 0 Å². The Morgan fingerprint density at radius 3 is 2.50 bits per heavy atom. The highest BCUT2D eigenvalue weighted by Crippen LogP contribution is 2.44. The van der Waals surface area contributed by atoms with Gasteiger partial charge in [0.1, 0.15) is 23.2 Å².